The Morgan fingerprint density at radius 1 is 1.40 bits per heavy atom. The average Bonchev–Trinajstić information content (AvgIpc) is 2.17. The highest BCUT2D eigenvalue weighted by Gasteiger charge is 2.25. The number of rotatable bonds is 4. The number of aliphatic carboxylic acids is 1. The molecule has 80 valence electrons. The molecule has 1 fully saturated rings. The van der Waals surface area contributed by atoms with Crippen LogP contribution >= 0.6 is 0 Å². The molecule has 1 aliphatic rings. The Kier molecular flexibility index (Phi) is 2.99. The standard InChI is InChI=1S/C11H14N2O2/c14-11(15)10(13-9-6-12-7-9)8-4-2-1-3-5-8/h1-5,9-10,12-13H,6-7H2,(H,14,15). The molecule has 0 radical (unpaired) electrons. The van der Waals surface area contributed by atoms with Gasteiger partial charge in [0.1, 0.15) is 6.04 Å². The Bertz CT molecular complexity index is 336. The molecule has 4 nitrogen and oxygen atoms in total. The van der Waals surface area contributed by atoms with Crippen LogP contribution in [-0.4, -0.2) is 30.2 Å². The minimum absolute atomic E-state index is 0.270. The van der Waals surface area contributed by atoms with Gasteiger partial charge in [-0.25, -0.2) is 0 Å². The lowest BCUT2D eigenvalue weighted by molar-refractivity contribution is -0.140. The van der Waals surface area contributed by atoms with Crippen molar-refractivity contribution >= 4 is 5.97 Å². The SMILES string of the molecule is O=C(O)C(NC1CNC1)c1ccccc1. The predicted molar refractivity (Wildman–Crippen MR) is 56.6 cm³/mol. The summed E-state index contributed by atoms with van der Waals surface area (Å²) in [7, 11) is 0. The monoisotopic (exact) mass is 206 g/mol. The van der Waals surface area contributed by atoms with Gasteiger partial charge in [0, 0.05) is 19.1 Å². The molecule has 1 aromatic rings. The fourth-order valence-electron chi connectivity index (χ4n) is 1.60. The van der Waals surface area contributed by atoms with E-state index in [1.165, 1.54) is 0 Å². The van der Waals surface area contributed by atoms with Crippen molar-refractivity contribution in [3.8, 4) is 0 Å². The third-order valence-electron chi connectivity index (χ3n) is 2.56. The molecular weight excluding hydrogens is 192 g/mol. The summed E-state index contributed by atoms with van der Waals surface area (Å²) in [6.45, 7) is 1.69. The number of hydrogen-bond acceptors (Lipinski definition) is 3. The molecule has 3 N–H and O–H groups in total. The summed E-state index contributed by atoms with van der Waals surface area (Å²) in [5.41, 5.74) is 0.803. The molecule has 0 saturated carbocycles. The summed E-state index contributed by atoms with van der Waals surface area (Å²) in [5.74, 6) is -0.826. The largest absolute Gasteiger partial charge is 0.480 e. The Morgan fingerprint density at radius 2 is 2.07 bits per heavy atom. The van der Waals surface area contributed by atoms with Crippen molar-refractivity contribution in [3.05, 3.63) is 35.9 Å². The van der Waals surface area contributed by atoms with E-state index in [1.807, 2.05) is 30.3 Å². The quantitative estimate of drug-likeness (QED) is 0.666. The Morgan fingerprint density at radius 3 is 2.53 bits per heavy atom. The van der Waals surface area contributed by atoms with Crippen LogP contribution in [0.3, 0.4) is 0 Å². The number of carboxylic acid groups (broad SMARTS) is 1. The summed E-state index contributed by atoms with van der Waals surface area (Å²) in [4.78, 5) is 11.1. The highest BCUT2D eigenvalue weighted by molar-refractivity contribution is 5.75. The second kappa shape index (κ2) is 4.42. The molecule has 0 aromatic heterocycles. The first-order chi connectivity index (χ1) is 7.27. The summed E-state index contributed by atoms with van der Waals surface area (Å²) in [6, 6.07) is 8.92. The normalized spacial score (nSPS) is 18.1. The molecule has 4 heteroatoms. The first-order valence-corrected chi connectivity index (χ1v) is 5.02. The van der Waals surface area contributed by atoms with Gasteiger partial charge in [0.2, 0.25) is 0 Å². The van der Waals surface area contributed by atoms with Crippen LogP contribution in [0.4, 0.5) is 0 Å². The maximum Gasteiger partial charge on any atom is 0.325 e. The van der Waals surface area contributed by atoms with Crippen molar-refractivity contribution in [3.63, 3.8) is 0 Å². The summed E-state index contributed by atoms with van der Waals surface area (Å²) >= 11 is 0. The molecule has 0 amide bonds. The zero-order chi connectivity index (χ0) is 10.7. The lowest BCUT2D eigenvalue weighted by Gasteiger charge is -2.31. The molecular formula is C11H14N2O2. The average molecular weight is 206 g/mol. The lowest BCUT2D eigenvalue weighted by Crippen LogP contribution is -2.57. The molecule has 0 bridgehead atoms. The molecule has 1 unspecified atom stereocenters. The minimum atomic E-state index is -0.826. The van der Waals surface area contributed by atoms with E-state index < -0.39 is 12.0 Å². The number of carbonyl (C=O) groups is 1. The lowest BCUT2D eigenvalue weighted by atomic mass is 10.0. The van der Waals surface area contributed by atoms with Crippen LogP contribution < -0.4 is 10.6 Å². The van der Waals surface area contributed by atoms with E-state index in [9.17, 15) is 4.79 Å². The fraction of sp³-hybridized carbons (Fsp3) is 0.364. The Balaban J connectivity index is 2.08. The first kappa shape index (κ1) is 10.1. The highest BCUT2D eigenvalue weighted by Crippen LogP contribution is 2.14. The van der Waals surface area contributed by atoms with Gasteiger partial charge in [-0.2, -0.15) is 0 Å². The molecule has 1 aliphatic heterocycles. The van der Waals surface area contributed by atoms with Crippen LogP contribution in [0, 0.1) is 0 Å². The Hall–Kier alpha value is -1.39. The van der Waals surface area contributed by atoms with Gasteiger partial charge < -0.3 is 10.4 Å². The molecule has 1 aromatic carbocycles. The second-order valence-corrected chi connectivity index (χ2v) is 3.70. The number of hydrogen-bond donors (Lipinski definition) is 3. The molecule has 1 saturated heterocycles. The van der Waals surface area contributed by atoms with Crippen LogP contribution in [0.15, 0.2) is 30.3 Å². The van der Waals surface area contributed by atoms with Gasteiger partial charge in [-0.1, -0.05) is 30.3 Å². The fourth-order valence-corrected chi connectivity index (χ4v) is 1.60. The zero-order valence-corrected chi connectivity index (χ0v) is 8.31. The smallest absolute Gasteiger partial charge is 0.325 e. The maximum atomic E-state index is 11.1. The zero-order valence-electron chi connectivity index (χ0n) is 8.31. The van der Waals surface area contributed by atoms with E-state index in [-0.39, 0.29) is 6.04 Å². The molecule has 2 rings (SSSR count). The van der Waals surface area contributed by atoms with Crippen LogP contribution in [0.25, 0.3) is 0 Å². The van der Waals surface area contributed by atoms with Crippen molar-refractivity contribution in [2.75, 3.05) is 13.1 Å². The number of benzene rings is 1. The van der Waals surface area contributed by atoms with Crippen LogP contribution in [0.1, 0.15) is 11.6 Å². The van der Waals surface area contributed by atoms with E-state index in [2.05, 4.69) is 10.6 Å². The van der Waals surface area contributed by atoms with Gasteiger partial charge in [0.25, 0.3) is 0 Å². The van der Waals surface area contributed by atoms with Crippen molar-refractivity contribution in [2.45, 2.75) is 12.1 Å². The van der Waals surface area contributed by atoms with Crippen LogP contribution in [0.5, 0.6) is 0 Å². The molecule has 1 heterocycles. The highest BCUT2D eigenvalue weighted by atomic mass is 16.4. The van der Waals surface area contributed by atoms with Gasteiger partial charge in [0.15, 0.2) is 0 Å². The van der Waals surface area contributed by atoms with Gasteiger partial charge >= 0.3 is 5.97 Å². The number of carboxylic acids is 1. The van der Waals surface area contributed by atoms with Crippen LogP contribution in [-0.2, 0) is 4.79 Å². The van der Waals surface area contributed by atoms with Gasteiger partial charge in [-0.15, -0.1) is 0 Å². The van der Waals surface area contributed by atoms with E-state index in [1.54, 1.807) is 0 Å². The van der Waals surface area contributed by atoms with E-state index in [0.29, 0.717) is 0 Å². The summed E-state index contributed by atoms with van der Waals surface area (Å²) in [6.07, 6.45) is 0. The predicted octanol–water partition coefficient (Wildman–Crippen LogP) is 0.374. The van der Waals surface area contributed by atoms with E-state index in [4.69, 9.17) is 5.11 Å². The maximum absolute atomic E-state index is 11.1. The van der Waals surface area contributed by atoms with Crippen molar-refractivity contribution in [1.82, 2.24) is 10.6 Å². The first-order valence-electron chi connectivity index (χ1n) is 5.02. The van der Waals surface area contributed by atoms with Gasteiger partial charge in [-0.3, -0.25) is 10.1 Å². The molecule has 0 spiro atoms. The number of nitrogens with one attached hydrogen (secondary N) is 2. The van der Waals surface area contributed by atoms with Crippen molar-refractivity contribution in [1.29, 1.82) is 0 Å². The van der Waals surface area contributed by atoms with E-state index >= 15 is 0 Å². The molecule has 15 heavy (non-hydrogen) atoms. The minimum Gasteiger partial charge on any atom is -0.480 e. The Labute approximate surface area is 88.3 Å². The van der Waals surface area contributed by atoms with Crippen molar-refractivity contribution in [2.24, 2.45) is 0 Å². The van der Waals surface area contributed by atoms with Crippen LogP contribution in [0.2, 0.25) is 0 Å². The van der Waals surface area contributed by atoms with Crippen molar-refractivity contribution < 1.29 is 9.90 Å². The topological polar surface area (TPSA) is 61.4 Å². The summed E-state index contributed by atoms with van der Waals surface area (Å²) < 4.78 is 0. The third kappa shape index (κ3) is 2.34. The second-order valence-electron chi connectivity index (χ2n) is 3.70. The third-order valence-corrected chi connectivity index (χ3v) is 2.56. The summed E-state index contributed by atoms with van der Waals surface area (Å²) in [5, 5.41) is 15.3. The van der Waals surface area contributed by atoms with Gasteiger partial charge in [0.05, 0.1) is 0 Å². The molecule has 0 aliphatic carbocycles. The molecule has 1 atom stereocenters. The van der Waals surface area contributed by atoms with E-state index in [0.717, 1.165) is 18.7 Å². The van der Waals surface area contributed by atoms with Gasteiger partial charge in [-0.05, 0) is 5.56 Å².